The van der Waals surface area contributed by atoms with Crippen molar-refractivity contribution in [3.05, 3.63) is 47.9 Å². The Kier molecular flexibility index (Phi) is 7.51. The molecule has 10 nitrogen and oxygen atoms in total. The van der Waals surface area contributed by atoms with Gasteiger partial charge in [-0.2, -0.15) is 0 Å². The van der Waals surface area contributed by atoms with Crippen molar-refractivity contribution >= 4 is 33.6 Å². The highest BCUT2D eigenvalue weighted by Crippen LogP contribution is 2.15. The van der Waals surface area contributed by atoms with Gasteiger partial charge in [-0.1, -0.05) is 0 Å². The van der Waals surface area contributed by atoms with Crippen LogP contribution in [-0.4, -0.2) is 39.9 Å². The maximum Gasteiger partial charge on any atom is 0.374 e. The zero-order valence-corrected chi connectivity index (χ0v) is 16.6. The number of sulfonamides is 1. The van der Waals surface area contributed by atoms with Gasteiger partial charge in [-0.05, 0) is 30.3 Å². The van der Waals surface area contributed by atoms with E-state index < -0.39 is 22.0 Å². The van der Waals surface area contributed by atoms with E-state index in [-0.39, 0.29) is 36.1 Å². The van der Waals surface area contributed by atoms with Crippen LogP contribution in [0.4, 0.5) is 5.69 Å². The van der Waals surface area contributed by atoms with Crippen LogP contribution in [0.3, 0.4) is 0 Å². The molecule has 0 radical (unpaired) electrons. The number of rotatable bonds is 9. The minimum absolute atomic E-state index is 0.0129. The van der Waals surface area contributed by atoms with Gasteiger partial charge in [-0.3, -0.25) is 9.59 Å². The minimum atomic E-state index is -3.83. The molecule has 29 heavy (non-hydrogen) atoms. The van der Waals surface area contributed by atoms with Gasteiger partial charge in [0.15, 0.2) is 0 Å². The van der Waals surface area contributed by atoms with E-state index in [0.29, 0.717) is 11.3 Å². The van der Waals surface area contributed by atoms with Crippen molar-refractivity contribution in [3.63, 3.8) is 0 Å². The highest BCUT2D eigenvalue weighted by molar-refractivity contribution is 7.89. The zero-order chi connectivity index (χ0) is 21.4. The number of benzene rings is 1. The van der Waals surface area contributed by atoms with Gasteiger partial charge in [-0.25, -0.2) is 17.9 Å². The highest BCUT2D eigenvalue weighted by Gasteiger charge is 2.18. The summed E-state index contributed by atoms with van der Waals surface area (Å²) in [6.07, 6.45) is 1.05. The molecule has 0 unspecified atom stereocenters. The standard InChI is InChI=1S/C18H20N2O8S/c1-12(21)20-14-3-5-15(6-4-14)29(24,25)19-9-7-16(22)28-11-13-8-10-27-17(13)18(23)26-2/h3-6,8,10,19H,7,9,11H2,1-2H3,(H,20,21). The van der Waals surface area contributed by atoms with Crippen LogP contribution in [-0.2, 0) is 35.7 Å². The quantitative estimate of drug-likeness (QED) is 0.576. The molecule has 2 aromatic rings. The van der Waals surface area contributed by atoms with Crippen LogP contribution in [0.2, 0.25) is 0 Å². The second kappa shape index (κ2) is 9.85. The van der Waals surface area contributed by atoms with Gasteiger partial charge in [0.1, 0.15) is 6.61 Å². The third-order valence-corrected chi connectivity index (χ3v) is 5.09. The molecule has 0 bridgehead atoms. The van der Waals surface area contributed by atoms with E-state index >= 15 is 0 Å². The van der Waals surface area contributed by atoms with Crippen molar-refractivity contribution in [2.24, 2.45) is 0 Å². The van der Waals surface area contributed by atoms with Gasteiger partial charge in [0.2, 0.25) is 21.7 Å². The summed E-state index contributed by atoms with van der Waals surface area (Å²) in [6.45, 7) is 0.953. The monoisotopic (exact) mass is 424 g/mol. The van der Waals surface area contributed by atoms with Crippen molar-refractivity contribution in [2.45, 2.75) is 24.8 Å². The summed E-state index contributed by atoms with van der Waals surface area (Å²) in [6, 6.07) is 7.03. The Morgan fingerprint density at radius 3 is 2.41 bits per heavy atom. The lowest BCUT2D eigenvalue weighted by molar-refractivity contribution is -0.144. The number of hydrogen-bond acceptors (Lipinski definition) is 8. The molecule has 156 valence electrons. The fraction of sp³-hybridized carbons (Fsp3) is 0.278. The van der Waals surface area contributed by atoms with Crippen molar-refractivity contribution in [2.75, 3.05) is 19.0 Å². The summed E-state index contributed by atoms with van der Waals surface area (Å²) in [5.41, 5.74) is 0.802. The molecule has 1 heterocycles. The molecule has 2 N–H and O–H groups in total. The summed E-state index contributed by atoms with van der Waals surface area (Å²) in [4.78, 5) is 34.3. The maximum absolute atomic E-state index is 12.2. The van der Waals surface area contributed by atoms with Gasteiger partial charge >= 0.3 is 11.9 Å². The van der Waals surface area contributed by atoms with Crippen LogP contribution in [0.25, 0.3) is 0 Å². The first-order valence-electron chi connectivity index (χ1n) is 8.40. The van der Waals surface area contributed by atoms with Crippen LogP contribution in [0.5, 0.6) is 0 Å². The normalized spacial score (nSPS) is 11.0. The highest BCUT2D eigenvalue weighted by atomic mass is 32.2. The number of anilines is 1. The molecule has 0 saturated heterocycles. The molecular weight excluding hydrogens is 404 g/mol. The second-order valence-corrected chi connectivity index (χ2v) is 7.55. The smallest absolute Gasteiger partial charge is 0.374 e. The Labute approximate surface area is 167 Å². The Balaban J connectivity index is 1.82. The van der Waals surface area contributed by atoms with Gasteiger partial charge in [0.25, 0.3) is 0 Å². The van der Waals surface area contributed by atoms with Crippen LogP contribution in [0, 0.1) is 0 Å². The first-order valence-corrected chi connectivity index (χ1v) is 9.89. The SMILES string of the molecule is COC(=O)c1occc1COC(=O)CCNS(=O)(=O)c1ccc(NC(C)=O)cc1. The van der Waals surface area contributed by atoms with E-state index in [0.717, 1.165) is 0 Å². The lowest BCUT2D eigenvalue weighted by atomic mass is 10.2. The number of nitrogens with one attached hydrogen (secondary N) is 2. The Hall–Kier alpha value is -3.18. The van der Waals surface area contributed by atoms with Crippen molar-refractivity contribution < 1.29 is 36.7 Å². The van der Waals surface area contributed by atoms with E-state index in [2.05, 4.69) is 14.8 Å². The van der Waals surface area contributed by atoms with Crippen molar-refractivity contribution in [1.29, 1.82) is 0 Å². The zero-order valence-electron chi connectivity index (χ0n) is 15.8. The van der Waals surface area contributed by atoms with E-state index in [4.69, 9.17) is 9.15 Å². The number of esters is 2. The van der Waals surface area contributed by atoms with Crippen LogP contribution in [0.15, 0.2) is 45.9 Å². The molecule has 2 rings (SSSR count). The molecule has 0 saturated carbocycles. The van der Waals surface area contributed by atoms with E-state index in [1.165, 1.54) is 50.6 Å². The summed E-state index contributed by atoms with van der Waals surface area (Å²) >= 11 is 0. The molecule has 1 amide bonds. The summed E-state index contributed by atoms with van der Waals surface area (Å²) < 4.78 is 41.3. The van der Waals surface area contributed by atoms with Crippen molar-refractivity contribution in [3.8, 4) is 0 Å². The fourth-order valence-corrected chi connectivity index (χ4v) is 3.27. The number of methoxy groups -OCH3 is 1. The largest absolute Gasteiger partial charge is 0.463 e. The number of amides is 1. The van der Waals surface area contributed by atoms with Gasteiger partial charge in [-0.15, -0.1) is 0 Å². The van der Waals surface area contributed by atoms with Gasteiger partial charge < -0.3 is 19.2 Å². The van der Waals surface area contributed by atoms with Crippen molar-refractivity contribution in [1.82, 2.24) is 4.72 Å². The predicted molar refractivity (Wildman–Crippen MR) is 100 cm³/mol. The van der Waals surface area contributed by atoms with Gasteiger partial charge in [0, 0.05) is 24.7 Å². The van der Waals surface area contributed by atoms with Crippen LogP contribution >= 0.6 is 0 Å². The number of furan rings is 1. The van der Waals surface area contributed by atoms with Gasteiger partial charge in [0.05, 0.1) is 24.7 Å². The molecule has 0 atom stereocenters. The lowest BCUT2D eigenvalue weighted by Crippen LogP contribution is -2.26. The minimum Gasteiger partial charge on any atom is -0.463 e. The molecule has 11 heteroatoms. The maximum atomic E-state index is 12.2. The molecule has 1 aromatic carbocycles. The average molecular weight is 424 g/mol. The molecule has 1 aromatic heterocycles. The summed E-state index contributed by atoms with van der Waals surface area (Å²) in [5, 5.41) is 2.53. The molecular formula is C18H20N2O8S. The fourth-order valence-electron chi connectivity index (χ4n) is 2.24. The third-order valence-electron chi connectivity index (χ3n) is 3.61. The summed E-state index contributed by atoms with van der Waals surface area (Å²) in [7, 11) is -2.63. The number of carbonyl (C=O) groups excluding carboxylic acids is 3. The molecule has 0 aliphatic carbocycles. The number of hydrogen-bond donors (Lipinski definition) is 2. The predicted octanol–water partition coefficient (Wildman–Crippen LogP) is 1.44. The van der Waals surface area contributed by atoms with E-state index in [9.17, 15) is 22.8 Å². The lowest BCUT2D eigenvalue weighted by Gasteiger charge is -2.08. The first kappa shape index (κ1) is 22.1. The molecule has 0 aliphatic heterocycles. The Morgan fingerprint density at radius 1 is 1.10 bits per heavy atom. The number of carbonyl (C=O) groups is 3. The number of ether oxygens (including phenoxy) is 2. The second-order valence-electron chi connectivity index (χ2n) is 5.78. The third kappa shape index (κ3) is 6.43. The average Bonchev–Trinajstić information content (AvgIpc) is 3.14. The Morgan fingerprint density at radius 2 is 1.79 bits per heavy atom. The topological polar surface area (TPSA) is 141 Å². The summed E-state index contributed by atoms with van der Waals surface area (Å²) in [5.74, 6) is -1.70. The first-order chi connectivity index (χ1) is 13.7. The van der Waals surface area contributed by atoms with E-state index in [1.807, 2.05) is 0 Å². The van der Waals surface area contributed by atoms with Crippen LogP contribution in [0.1, 0.15) is 29.5 Å². The molecule has 0 fully saturated rings. The molecule has 0 aliphatic rings. The van der Waals surface area contributed by atoms with E-state index in [1.54, 1.807) is 0 Å². The molecule has 0 spiro atoms. The van der Waals surface area contributed by atoms with Crippen LogP contribution < -0.4 is 10.0 Å². The Bertz CT molecular complexity index is 980.